The number of hydrogen-bond acceptors (Lipinski definition) is 2. The van der Waals surface area contributed by atoms with Gasteiger partial charge >= 0.3 is 0 Å². The summed E-state index contributed by atoms with van der Waals surface area (Å²) in [6.45, 7) is 0. The van der Waals surface area contributed by atoms with Crippen molar-refractivity contribution in [1.82, 2.24) is 0 Å². The van der Waals surface area contributed by atoms with Crippen LogP contribution in [0.5, 0.6) is 0 Å². The van der Waals surface area contributed by atoms with E-state index in [9.17, 15) is 0 Å². The van der Waals surface area contributed by atoms with Gasteiger partial charge in [-0.1, -0.05) is 24.3 Å². The summed E-state index contributed by atoms with van der Waals surface area (Å²) >= 11 is 0. The van der Waals surface area contributed by atoms with Crippen LogP contribution < -0.4 is 0 Å². The molecular weight excluding hydrogens is 320 g/mol. The molecule has 12 fully saturated rings. The maximum absolute atomic E-state index is 6.45. The zero-order valence-corrected chi connectivity index (χ0v) is 15.2. The fraction of sp³-hybridized carbons (Fsp3) is 0.833. The van der Waals surface area contributed by atoms with Crippen LogP contribution in [0.1, 0.15) is 0 Å². The molecule has 0 radical (unpaired) electrons. The van der Waals surface area contributed by atoms with Crippen LogP contribution in [0.25, 0.3) is 0 Å². The predicted octanol–water partition coefficient (Wildman–Crippen LogP) is 2.62. The van der Waals surface area contributed by atoms with Gasteiger partial charge in [-0.2, -0.15) is 0 Å². The third-order valence-electron chi connectivity index (χ3n) is 14.2. The molecule has 132 valence electrons. The normalized spacial score (nSPS) is 91.3. The van der Waals surface area contributed by atoms with Crippen molar-refractivity contribution in [3.63, 3.8) is 0 Å². The van der Waals surface area contributed by atoms with E-state index in [1.54, 1.807) is 0 Å². The molecule has 4 spiro atoms. The highest BCUT2D eigenvalue weighted by atomic mass is 16.5. The minimum Gasteiger partial charge on any atom is -0.381 e. The molecule has 2 heteroatoms. The number of ether oxygens (including phenoxy) is 2. The van der Waals surface area contributed by atoms with E-state index in [-0.39, 0.29) is 0 Å². The first-order valence-corrected chi connectivity index (χ1v) is 11.3. The van der Waals surface area contributed by atoms with Crippen LogP contribution in [0.2, 0.25) is 0 Å². The molecule has 2 nitrogen and oxygen atoms in total. The zero-order chi connectivity index (χ0) is 16.3. The highest BCUT2D eigenvalue weighted by Gasteiger charge is 3.19. The minimum atomic E-state index is 0.582. The first-order valence-electron chi connectivity index (χ1n) is 11.3. The molecule has 12 saturated carbocycles. The van der Waals surface area contributed by atoms with Gasteiger partial charge in [-0.3, -0.25) is 0 Å². The molecule has 0 aromatic rings. The van der Waals surface area contributed by atoms with Gasteiger partial charge in [0.15, 0.2) is 0 Å². The van der Waals surface area contributed by atoms with E-state index in [1.165, 1.54) is 0 Å². The Morgan fingerprint density at radius 2 is 0.808 bits per heavy atom. The highest BCUT2D eigenvalue weighted by Crippen LogP contribution is 3.19. The van der Waals surface area contributed by atoms with E-state index < -0.39 is 0 Å². The Hall–Kier alpha value is -0.600. The van der Waals surface area contributed by atoms with Crippen molar-refractivity contribution in [2.75, 3.05) is 14.2 Å². The van der Waals surface area contributed by atoms with Gasteiger partial charge in [0.05, 0.1) is 12.2 Å². The van der Waals surface area contributed by atoms with Gasteiger partial charge in [0, 0.05) is 14.2 Å². The zero-order valence-electron chi connectivity index (χ0n) is 15.2. The van der Waals surface area contributed by atoms with Gasteiger partial charge in [0.2, 0.25) is 0 Å². The maximum atomic E-state index is 6.45. The van der Waals surface area contributed by atoms with E-state index >= 15 is 0 Å². The van der Waals surface area contributed by atoms with Crippen LogP contribution in [0.4, 0.5) is 0 Å². The summed E-state index contributed by atoms with van der Waals surface area (Å²) in [7, 11) is 4.11. The molecule has 6 unspecified atom stereocenters. The second-order valence-corrected chi connectivity index (χ2v) is 12.2. The van der Waals surface area contributed by atoms with Gasteiger partial charge in [0.1, 0.15) is 0 Å². The van der Waals surface area contributed by atoms with Crippen LogP contribution in [0.15, 0.2) is 24.3 Å². The van der Waals surface area contributed by atoms with E-state index in [2.05, 4.69) is 38.5 Å². The van der Waals surface area contributed by atoms with Crippen molar-refractivity contribution in [1.29, 1.82) is 0 Å². The van der Waals surface area contributed by atoms with Crippen molar-refractivity contribution < 1.29 is 9.47 Å². The first kappa shape index (κ1) is 12.1. The monoisotopic (exact) mass is 344 g/mol. The highest BCUT2D eigenvalue weighted by molar-refractivity contribution is 5.68. The molecule has 16 rings (SSSR count). The molecule has 16 aliphatic rings. The van der Waals surface area contributed by atoms with E-state index in [4.69, 9.17) is 9.47 Å². The fourth-order valence-corrected chi connectivity index (χ4v) is 16.4. The van der Waals surface area contributed by atoms with Gasteiger partial charge in [-0.05, 0) is 92.7 Å². The SMILES string of the molecule is COC1[C@H]2C3C4[C@@H]5C(OC)[C@H]3C36[C@H]7C=C[C@@H]8C9C7[C@H]7C=C[C@@H]9C([C@H]14)(C583)C276. The lowest BCUT2D eigenvalue weighted by atomic mass is 9.22. The average Bonchev–Trinajstić information content (AvgIpc) is 3.39. The van der Waals surface area contributed by atoms with Gasteiger partial charge in [-0.15, -0.1) is 0 Å². The Kier molecular flexibility index (Phi) is 1.22. The topological polar surface area (TPSA) is 18.5 Å². The molecule has 0 heterocycles. The standard InChI is InChI=1S/C24H24O2/c1-25-19-15-13-14-16(19)22-8-4-3-7-11-9-5-6-10(12(8)11)24(22)18(14)20(26-2)17(13)23(9,24)21(7,15)22/h3-20H,1-2H3/t7-,8+,9+,10-,11?,12?,13?,14?,15-,16+,17+,18-,19?,20?,21?,22?,23?,24?. The van der Waals surface area contributed by atoms with Crippen molar-refractivity contribution in [2.45, 2.75) is 12.2 Å². The number of hydrogen-bond donors (Lipinski definition) is 0. The second-order valence-electron chi connectivity index (χ2n) is 12.2. The summed E-state index contributed by atoms with van der Waals surface area (Å²) in [6, 6.07) is 0. The van der Waals surface area contributed by atoms with Gasteiger partial charge < -0.3 is 9.47 Å². The van der Waals surface area contributed by atoms with Crippen LogP contribution in [0.3, 0.4) is 0 Å². The van der Waals surface area contributed by atoms with E-state index in [1.807, 2.05) is 0 Å². The van der Waals surface area contributed by atoms with Crippen LogP contribution in [-0.4, -0.2) is 26.4 Å². The molecule has 14 atom stereocenters. The third kappa shape index (κ3) is 0.499. The summed E-state index contributed by atoms with van der Waals surface area (Å²) < 4.78 is 12.9. The fourth-order valence-electron chi connectivity index (χ4n) is 16.4. The van der Waals surface area contributed by atoms with Crippen molar-refractivity contribution in [3.8, 4) is 0 Å². The summed E-state index contributed by atoms with van der Waals surface area (Å²) in [6.07, 6.45) is 12.2. The summed E-state index contributed by atoms with van der Waals surface area (Å²) in [5.41, 5.74) is 2.52. The Bertz CT molecular complexity index is 821. The second kappa shape index (κ2) is 2.62. The van der Waals surface area contributed by atoms with Crippen LogP contribution >= 0.6 is 0 Å². The predicted molar refractivity (Wildman–Crippen MR) is 91.5 cm³/mol. The van der Waals surface area contributed by atoms with Gasteiger partial charge in [-0.25, -0.2) is 0 Å². The molecule has 0 N–H and O–H groups in total. The molecular formula is C24H24O2. The number of allylic oxidation sites excluding steroid dienone is 4. The number of methoxy groups -OCH3 is 2. The van der Waals surface area contributed by atoms with E-state index in [0.717, 1.165) is 71.0 Å². The Morgan fingerprint density at radius 3 is 1.08 bits per heavy atom. The lowest BCUT2D eigenvalue weighted by Crippen LogP contribution is -2.78. The Balaban J connectivity index is 1.45. The summed E-state index contributed by atoms with van der Waals surface area (Å²) in [4.78, 5) is 0. The summed E-state index contributed by atoms with van der Waals surface area (Å²) in [5.74, 6) is 10.9. The molecule has 0 aromatic heterocycles. The third-order valence-corrected chi connectivity index (χ3v) is 14.2. The Labute approximate surface area is 153 Å². The summed E-state index contributed by atoms with van der Waals surface area (Å²) in [5, 5.41) is 0. The lowest BCUT2D eigenvalue weighted by Gasteiger charge is -2.80. The van der Waals surface area contributed by atoms with E-state index in [0.29, 0.717) is 33.9 Å². The molecule has 16 bridgehead atoms. The lowest BCUT2D eigenvalue weighted by molar-refractivity contribution is -0.334. The quantitative estimate of drug-likeness (QED) is 0.717. The minimum absolute atomic E-state index is 0.582. The maximum Gasteiger partial charge on any atom is 0.0645 e. The average molecular weight is 344 g/mol. The number of rotatable bonds is 2. The van der Waals surface area contributed by atoms with Crippen LogP contribution in [-0.2, 0) is 9.47 Å². The van der Waals surface area contributed by atoms with Gasteiger partial charge in [0.25, 0.3) is 0 Å². The van der Waals surface area contributed by atoms with Crippen molar-refractivity contribution >= 4 is 0 Å². The van der Waals surface area contributed by atoms with Crippen molar-refractivity contribution in [2.24, 2.45) is 92.7 Å². The smallest absolute Gasteiger partial charge is 0.0645 e. The molecule has 0 aliphatic heterocycles. The first-order chi connectivity index (χ1) is 12.8. The molecule has 0 amide bonds. The van der Waals surface area contributed by atoms with Crippen molar-refractivity contribution in [3.05, 3.63) is 24.3 Å². The molecule has 26 heavy (non-hydrogen) atoms. The molecule has 0 aromatic carbocycles. The molecule has 16 aliphatic carbocycles. The molecule has 0 saturated heterocycles. The Morgan fingerprint density at radius 1 is 0.500 bits per heavy atom. The largest absolute Gasteiger partial charge is 0.381 e. The van der Waals surface area contributed by atoms with Crippen LogP contribution in [0, 0.1) is 92.7 Å².